The van der Waals surface area contributed by atoms with Crippen LogP contribution in [0.4, 0.5) is 0 Å². The summed E-state index contributed by atoms with van der Waals surface area (Å²) in [5.74, 6) is -2.57. The molecule has 20 heavy (non-hydrogen) atoms. The van der Waals surface area contributed by atoms with E-state index in [1.165, 1.54) is 12.3 Å². The van der Waals surface area contributed by atoms with Gasteiger partial charge >= 0.3 is 5.97 Å². The lowest BCUT2D eigenvalue weighted by molar-refractivity contribution is -0.134. The van der Waals surface area contributed by atoms with Crippen LogP contribution in [0.1, 0.15) is 39.0 Å². The van der Waals surface area contributed by atoms with E-state index in [0.717, 1.165) is 25.7 Å². The number of rotatable bonds is 5. The number of aliphatic carboxylic acids is 1. The normalized spacial score (nSPS) is 21.9. The highest BCUT2D eigenvalue weighted by Crippen LogP contribution is 2.34. The number of allylic oxidation sites excluding steroid dienone is 2. The Labute approximate surface area is 117 Å². The zero-order valence-corrected chi connectivity index (χ0v) is 11.4. The van der Waals surface area contributed by atoms with Gasteiger partial charge in [0, 0.05) is 6.42 Å². The quantitative estimate of drug-likeness (QED) is 0.596. The van der Waals surface area contributed by atoms with Crippen molar-refractivity contribution in [2.45, 2.75) is 45.1 Å². The second kappa shape index (κ2) is 5.94. The Balaban J connectivity index is 2.17. The van der Waals surface area contributed by atoms with E-state index in [1.54, 1.807) is 0 Å². The summed E-state index contributed by atoms with van der Waals surface area (Å²) in [6, 6.07) is 0. The van der Waals surface area contributed by atoms with Crippen LogP contribution in [0.15, 0.2) is 34.8 Å². The standard InChI is InChI=1S/C15H18O5/c1-2-3-4-5-10-6-9-7-12(16)13(15(18)19)14(17)11(9)8-20-10/h7-8,10,17H,2-6H2,1H3,(H,18,19)/t10-/m0/s1. The zero-order valence-electron chi connectivity index (χ0n) is 11.4. The largest absolute Gasteiger partial charge is 0.506 e. The fourth-order valence-corrected chi connectivity index (χ4v) is 2.47. The van der Waals surface area contributed by atoms with E-state index in [-0.39, 0.29) is 6.10 Å². The average Bonchev–Trinajstić information content (AvgIpc) is 2.38. The van der Waals surface area contributed by atoms with E-state index < -0.39 is 23.1 Å². The van der Waals surface area contributed by atoms with Crippen LogP contribution in [0.25, 0.3) is 0 Å². The molecule has 1 atom stereocenters. The summed E-state index contributed by atoms with van der Waals surface area (Å²) in [5.41, 5.74) is 0.382. The van der Waals surface area contributed by atoms with Gasteiger partial charge in [-0.3, -0.25) is 4.79 Å². The molecular weight excluding hydrogens is 260 g/mol. The molecule has 2 rings (SSSR count). The topological polar surface area (TPSA) is 83.8 Å². The number of carboxylic acids is 1. The first kappa shape index (κ1) is 14.4. The molecule has 0 aromatic heterocycles. The van der Waals surface area contributed by atoms with Crippen molar-refractivity contribution < 1.29 is 24.5 Å². The Kier molecular flexibility index (Phi) is 4.27. The van der Waals surface area contributed by atoms with Gasteiger partial charge in [-0.05, 0) is 24.5 Å². The van der Waals surface area contributed by atoms with Crippen molar-refractivity contribution in [1.29, 1.82) is 0 Å². The van der Waals surface area contributed by atoms with Gasteiger partial charge in [-0.1, -0.05) is 19.8 Å². The van der Waals surface area contributed by atoms with Crippen molar-refractivity contribution in [3.8, 4) is 0 Å². The van der Waals surface area contributed by atoms with Crippen molar-refractivity contribution >= 4 is 11.8 Å². The molecule has 2 aliphatic rings. The lowest BCUT2D eigenvalue weighted by Crippen LogP contribution is -2.24. The second-order valence-electron chi connectivity index (χ2n) is 5.05. The van der Waals surface area contributed by atoms with Gasteiger partial charge in [0.25, 0.3) is 0 Å². The Bertz CT molecular complexity index is 524. The van der Waals surface area contributed by atoms with Crippen molar-refractivity contribution in [2.75, 3.05) is 0 Å². The number of ether oxygens (including phenoxy) is 1. The molecule has 0 radical (unpaired) electrons. The summed E-state index contributed by atoms with van der Waals surface area (Å²) in [6.45, 7) is 2.12. The summed E-state index contributed by atoms with van der Waals surface area (Å²) in [5, 5.41) is 18.8. The molecule has 0 unspecified atom stereocenters. The Morgan fingerprint density at radius 2 is 2.20 bits per heavy atom. The van der Waals surface area contributed by atoms with Gasteiger partial charge in [0.15, 0.2) is 5.78 Å². The number of fused-ring (bicyclic) bond motifs is 1. The van der Waals surface area contributed by atoms with Crippen molar-refractivity contribution in [3.63, 3.8) is 0 Å². The van der Waals surface area contributed by atoms with E-state index in [0.29, 0.717) is 17.6 Å². The maximum absolute atomic E-state index is 11.7. The van der Waals surface area contributed by atoms with Gasteiger partial charge < -0.3 is 14.9 Å². The number of ketones is 1. The van der Waals surface area contributed by atoms with E-state index in [2.05, 4.69) is 6.92 Å². The average molecular weight is 278 g/mol. The fourth-order valence-electron chi connectivity index (χ4n) is 2.47. The van der Waals surface area contributed by atoms with Crippen LogP contribution < -0.4 is 0 Å². The second-order valence-corrected chi connectivity index (χ2v) is 5.05. The number of unbranched alkanes of at least 4 members (excludes halogenated alkanes) is 2. The summed E-state index contributed by atoms with van der Waals surface area (Å²) in [4.78, 5) is 22.7. The summed E-state index contributed by atoms with van der Waals surface area (Å²) in [6.07, 6.45) is 7.37. The molecule has 1 heterocycles. The first-order chi connectivity index (χ1) is 9.54. The SMILES string of the molecule is CCCCC[C@H]1CC2=CC(=O)C(C(=O)O)=C(O)C2=CO1. The number of aliphatic hydroxyl groups excluding tert-OH is 1. The fraction of sp³-hybridized carbons (Fsp3) is 0.467. The van der Waals surface area contributed by atoms with Crippen LogP contribution in [0.2, 0.25) is 0 Å². The molecule has 5 nitrogen and oxygen atoms in total. The number of hydrogen-bond donors (Lipinski definition) is 2. The zero-order chi connectivity index (χ0) is 14.7. The van der Waals surface area contributed by atoms with Crippen LogP contribution >= 0.6 is 0 Å². The molecule has 0 bridgehead atoms. The molecule has 2 N–H and O–H groups in total. The van der Waals surface area contributed by atoms with Crippen LogP contribution in [0, 0.1) is 0 Å². The third kappa shape index (κ3) is 2.76. The third-order valence-corrected chi connectivity index (χ3v) is 3.56. The molecule has 0 fully saturated rings. The van der Waals surface area contributed by atoms with Crippen molar-refractivity contribution in [2.24, 2.45) is 0 Å². The van der Waals surface area contributed by atoms with Gasteiger partial charge in [0.1, 0.15) is 17.4 Å². The lowest BCUT2D eigenvalue weighted by Gasteiger charge is -2.27. The molecule has 0 saturated heterocycles. The molecule has 5 heteroatoms. The van der Waals surface area contributed by atoms with E-state index in [9.17, 15) is 14.7 Å². The first-order valence-electron chi connectivity index (χ1n) is 6.82. The highest BCUT2D eigenvalue weighted by molar-refractivity contribution is 6.23. The predicted octanol–water partition coefficient (Wildman–Crippen LogP) is 2.65. The summed E-state index contributed by atoms with van der Waals surface area (Å²) in [7, 11) is 0. The van der Waals surface area contributed by atoms with Gasteiger partial charge in [-0.25, -0.2) is 4.79 Å². The minimum Gasteiger partial charge on any atom is -0.506 e. The molecular formula is C15H18O5. The van der Waals surface area contributed by atoms with E-state index in [4.69, 9.17) is 9.84 Å². The lowest BCUT2D eigenvalue weighted by atomic mass is 9.87. The van der Waals surface area contributed by atoms with Crippen molar-refractivity contribution in [1.82, 2.24) is 0 Å². The summed E-state index contributed by atoms with van der Waals surface area (Å²) >= 11 is 0. The molecule has 0 spiro atoms. The van der Waals surface area contributed by atoms with Crippen molar-refractivity contribution in [3.05, 3.63) is 34.8 Å². The van der Waals surface area contributed by atoms with Crippen LogP contribution in [0.5, 0.6) is 0 Å². The number of carboxylic acid groups (broad SMARTS) is 1. The minimum atomic E-state index is -1.42. The van der Waals surface area contributed by atoms with Crippen LogP contribution in [-0.4, -0.2) is 28.1 Å². The Hall–Kier alpha value is -2.04. The molecule has 0 aromatic carbocycles. The van der Waals surface area contributed by atoms with E-state index >= 15 is 0 Å². The minimum absolute atomic E-state index is 0.0106. The predicted molar refractivity (Wildman–Crippen MR) is 72.1 cm³/mol. The number of hydrogen-bond acceptors (Lipinski definition) is 4. The van der Waals surface area contributed by atoms with E-state index in [1.807, 2.05) is 0 Å². The maximum atomic E-state index is 11.7. The van der Waals surface area contributed by atoms with Gasteiger partial charge in [0.05, 0.1) is 11.8 Å². The Morgan fingerprint density at radius 1 is 1.45 bits per heavy atom. The molecule has 108 valence electrons. The third-order valence-electron chi connectivity index (χ3n) is 3.56. The number of carbonyl (C=O) groups is 2. The van der Waals surface area contributed by atoms with Crippen LogP contribution in [-0.2, 0) is 14.3 Å². The maximum Gasteiger partial charge on any atom is 0.343 e. The molecule has 1 aliphatic carbocycles. The molecule has 0 aromatic rings. The van der Waals surface area contributed by atoms with Gasteiger partial charge in [-0.2, -0.15) is 0 Å². The molecule has 1 aliphatic heterocycles. The summed E-state index contributed by atoms with van der Waals surface area (Å²) < 4.78 is 5.53. The highest BCUT2D eigenvalue weighted by Gasteiger charge is 2.33. The highest BCUT2D eigenvalue weighted by atomic mass is 16.5. The number of aliphatic hydroxyl groups is 1. The molecule has 0 amide bonds. The number of carbonyl (C=O) groups excluding carboxylic acids is 1. The van der Waals surface area contributed by atoms with Crippen LogP contribution in [0.3, 0.4) is 0 Å². The first-order valence-corrected chi connectivity index (χ1v) is 6.82. The Morgan fingerprint density at radius 3 is 2.85 bits per heavy atom. The van der Waals surface area contributed by atoms with Gasteiger partial charge in [-0.15, -0.1) is 0 Å². The monoisotopic (exact) mass is 278 g/mol. The van der Waals surface area contributed by atoms with Gasteiger partial charge in [0.2, 0.25) is 0 Å². The molecule has 0 saturated carbocycles. The smallest absolute Gasteiger partial charge is 0.343 e.